The Hall–Kier alpha value is -5.93. The number of nitrogens with zero attached hydrogens (tertiary/aromatic N) is 5. The van der Waals surface area contributed by atoms with Gasteiger partial charge < -0.3 is 4.74 Å². The summed E-state index contributed by atoms with van der Waals surface area (Å²) >= 11 is 0. The minimum absolute atomic E-state index is 0.0389. The van der Waals surface area contributed by atoms with E-state index in [-0.39, 0.29) is 5.41 Å². The molecule has 6 nitrogen and oxygen atoms in total. The Kier molecular flexibility index (Phi) is 5.97. The third-order valence-electron chi connectivity index (χ3n) is 8.45. The van der Waals surface area contributed by atoms with Gasteiger partial charge in [-0.15, -0.1) is 0 Å². The highest BCUT2D eigenvalue weighted by Gasteiger charge is 2.21. The monoisotopic (exact) mass is 583 g/mol. The van der Waals surface area contributed by atoms with Gasteiger partial charge in [0.25, 0.3) is 0 Å². The van der Waals surface area contributed by atoms with E-state index in [0.29, 0.717) is 17.2 Å². The summed E-state index contributed by atoms with van der Waals surface area (Å²) in [5, 5.41) is 4.16. The van der Waals surface area contributed by atoms with E-state index in [4.69, 9.17) is 16.3 Å². The van der Waals surface area contributed by atoms with E-state index in [9.17, 15) is 0 Å². The van der Waals surface area contributed by atoms with Gasteiger partial charge in [0.2, 0.25) is 5.69 Å². The molecule has 0 bridgehead atoms. The zero-order valence-corrected chi connectivity index (χ0v) is 25.2. The summed E-state index contributed by atoms with van der Waals surface area (Å²) in [6.45, 7) is 14.7. The van der Waals surface area contributed by atoms with E-state index in [2.05, 4.69) is 94.3 Å². The molecular formula is C39H29N5O. The molecule has 0 unspecified atom stereocenters. The minimum atomic E-state index is -0.0389. The number of para-hydroxylation sites is 2. The van der Waals surface area contributed by atoms with Crippen LogP contribution in [0.3, 0.4) is 0 Å². The molecule has 0 saturated carbocycles. The van der Waals surface area contributed by atoms with Crippen LogP contribution in [0.4, 0.5) is 5.69 Å². The second kappa shape index (κ2) is 10.1. The molecule has 0 aliphatic carbocycles. The maximum absolute atomic E-state index is 8.13. The van der Waals surface area contributed by atoms with Crippen LogP contribution in [0.5, 0.6) is 11.5 Å². The van der Waals surface area contributed by atoms with Gasteiger partial charge in [0.05, 0.1) is 23.1 Å². The average molecular weight is 584 g/mol. The highest BCUT2D eigenvalue weighted by molar-refractivity contribution is 6.15. The first-order valence-corrected chi connectivity index (χ1v) is 14.9. The van der Waals surface area contributed by atoms with Crippen molar-refractivity contribution in [2.75, 3.05) is 0 Å². The quantitative estimate of drug-likeness (QED) is 0.194. The molecule has 0 radical (unpaired) electrons. The van der Waals surface area contributed by atoms with Gasteiger partial charge in [-0.05, 0) is 71.0 Å². The molecule has 0 amide bonds. The molecule has 0 aliphatic heterocycles. The number of rotatable bonds is 4. The molecule has 0 aliphatic rings. The summed E-state index contributed by atoms with van der Waals surface area (Å²) in [4.78, 5) is 13.4. The summed E-state index contributed by atoms with van der Waals surface area (Å²) in [6, 6.07) is 36.7. The van der Waals surface area contributed by atoms with Gasteiger partial charge in [-0.3, -0.25) is 9.13 Å². The molecule has 0 saturated heterocycles. The summed E-state index contributed by atoms with van der Waals surface area (Å²) in [5.74, 6) is 2.91. The number of pyridine rings is 2. The van der Waals surface area contributed by atoms with E-state index in [1.165, 1.54) is 5.56 Å². The van der Waals surface area contributed by atoms with Gasteiger partial charge in [0.15, 0.2) is 0 Å². The molecule has 4 aromatic carbocycles. The van der Waals surface area contributed by atoms with Crippen LogP contribution in [0, 0.1) is 6.57 Å². The lowest BCUT2D eigenvalue weighted by atomic mass is 9.88. The van der Waals surface area contributed by atoms with Crippen molar-refractivity contribution in [1.29, 1.82) is 0 Å². The van der Waals surface area contributed by atoms with Crippen LogP contribution in [-0.4, -0.2) is 19.1 Å². The predicted octanol–water partition coefficient (Wildman–Crippen LogP) is 10.3. The lowest BCUT2D eigenvalue weighted by Crippen LogP contribution is -2.12. The second-order valence-corrected chi connectivity index (χ2v) is 12.3. The lowest BCUT2D eigenvalue weighted by Gasteiger charge is -2.20. The molecule has 216 valence electrons. The maximum atomic E-state index is 8.13. The van der Waals surface area contributed by atoms with Crippen LogP contribution in [0.1, 0.15) is 26.3 Å². The van der Waals surface area contributed by atoms with Crippen molar-refractivity contribution in [2.24, 2.45) is 0 Å². The highest BCUT2D eigenvalue weighted by atomic mass is 16.5. The Morgan fingerprint density at radius 2 is 1.27 bits per heavy atom. The zero-order chi connectivity index (χ0) is 30.7. The van der Waals surface area contributed by atoms with Crippen LogP contribution in [0.2, 0.25) is 0 Å². The van der Waals surface area contributed by atoms with Gasteiger partial charge in [-0.25, -0.2) is 14.8 Å². The summed E-state index contributed by atoms with van der Waals surface area (Å²) < 4.78 is 10.9. The summed E-state index contributed by atoms with van der Waals surface area (Å²) in [7, 11) is 0. The molecule has 0 spiro atoms. The lowest BCUT2D eigenvalue weighted by molar-refractivity contribution is 0.484. The minimum Gasteiger partial charge on any atom is -0.459 e. The van der Waals surface area contributed by atoms with Crippen molar-refractivity contribution < 1.29 is 4.74 Å². The number of hydrogen-bond acceptors (Lipinski definition) is 3. The van der Waals surface area contributed by atoms with E-state index in [1.54, 1.807) is 0 Å². The van der Waals surface area contributed by atoms with Crippen LogP contribution < -0.4 is 4.74 Å². The Morgan fingerprint density at radius 3 is 2.02 bits per heavy atom. The van der Waals surface area contributed by atoms with E-state index in [0.717, 1.165) is 55.2 Å². The van der Waals surface area contributed by atoms with Gasteiger partial charge >= 0.3 is 0 Å². The Bertz CT molecular complexity index is 2460. The third-order valence-corrected chi connectivity index (χ3v) is 8.45. The molecule has 0 N–H and O–H groups in total. The van der Waals surface area contributed by atoms with Crippen LogP contribution in [0.25, 0.3) is 60.1 Å². The highest BCUT2D eigenvalue weighted by Crippen LogP contribution is 2.42. The smallest absolute Gasteiger partial charge is 0.200 e. The molecule has 8 aromatic rings. The molecule has 45 heavy (non-hydrogen) atoms. The molecule has 4 heterocycles. The molecule has 6 heteroatoms. The first-order valence-electron chi connectivity index (χ1n) is 14.9. The number of ether oxygens (including phenoxy) is 1. The third kappa shape index (κ3) is 4.32. The largest absolute Gasteiger partial charge is 0.459 e. The Labute approximate surface area is 260 Å². The van der Waals surface area contributed by atoms with Gasteiger partial charge in [-0.1, -0.05) is 63.2 Å². The molecule has 8 rings (SSSR count). The SMILES string of the molecule is [C-]#[N+]c1cc(Oc2ccc3c4ccccc4n(-c4ccccn4)c3c2)cc2c1c1ccccc1n2-c1cc(C(C)(C)C)ccn1. The average Bonchev–Trinajstić information content (AvgIpc) is 3.57. The van der Waals surface area contributed by atoms with Crippen molar-refractivity contribution in [3.63, 3.8) is 0 Å². The van der Waals surface area contributed by atoms with Crippen molar-refractivity contribution in [3.05, 3.63) is 139 Å². The topological polar surface area (TPSA) is 49.2 Å². The zero-order valence-electron chi connectivity index (χ0n) is 25.2. The molecule has 4 aromatic heterocycles. The van der Waals surface area contributed by atoms with E-state index < -0.39 is 0 Å². The maximum Gasteiger partial charge on any atom is 0.200 e. The van der Waals surface area contributed by atoms with Gasteiger partial charge in [-0.2, -0.15) is 0 Å². The number of benzene rings is 4. The first-order chi connectivity index (χ1) is 21.9. The summed E-state index contributed by atoms with van der Waals surface area (Å²) in [6.07, 6.45) is 3.67. The predicted molar refractivity (Wildman–Crippen MR) is 182 cm³/mol. The van der Waals surface area contributed by atoms with E-state index >= 15 is 0 Å². The molecule has 0 atom stereocenters. The fourth-order valence-electron chi connectivity index (χ4n) is 6.33. The summed E-state index contributed by atoms with van der Waals surface area (Å²) in [5.41, 5.74) is 5.63. The van der Waals surface area contributed by atoms with Crippen molar-refractivity contribution >= 4 is 49.3 Å². The van der Waals surface area contributed by atoms with Crippen molar-refractivity contribution in [3.8, 4) is 23.1 Å². The van der Waals surface area contributed by atoms with Gasteiger partial charge in [0.1, 0.15) is 23.1 Å². The second-order valence-electron chi connectivity index (χ2n) is 12.3. The number of fused-ring (bicyclic) bond motifs is 6. The van der Waals surface area contributed by atoms with Crippen LogP contribution in [-0.2, 0) is 5.41 Å². The molecule has 0 fully saturated rings. The van der Waals surface area contributed by atoms with Gasteiger partial charge in [0, 0.05) is 46.2 Å². The first kappa shape index (κ1) is 26.7. The Morgan fingerprint density at radius 1 is 0.600 bits per heavy atom. The van der Waals surface area contributed by atoms with E-state index in [1.807, 2.05) is 67.0 Å². The number of aromatic nitrogens is 4. The standard InChI is InChI=1S/C39H29N5O/c1-39(2,3)25-18-20-42-37(21-25)44-33-14-8-6-12-30(33)38-31(40-4)22-27(24-35(38)44)45-26-16-17-29-28-11-5-7-13-32(28)43(34(29)23-26)36-15-9-10-19-41-36/h5-24H,1-3H3. The normalized spacial score (nSPS) is 11.9. The fraction of sp³-hybridized carbons (Fsp3) is 0.103. The van der Waals surface area contributed by atoms with Crippen LogP contribution in [0.15, 0.2) is 122 Å². The van der Waals surface area contributed by atoms with Crippen molar-refractivity contribution in [1.82, 2.24) is 19.1 Å². The molecular weight excluding hydrogens is 554 g/mol. The fourth-order valence-corrected chi connectivity index (χ4v) is 6.33. The number of hydrogen-bond donors (Lipinski definition) is 0. The Balaban J connectivity index is 1.32. The van der Waals surface area contributed by atoms with Crippen molar-refractivity contribution in [2.45, 2.75) is 26.2 Å². The van der Waals surface area contributed by atoms with Crippen LogP contribution >= 0.6 is 0 Å².